The van der Waals surface area contributed by atoms with Crippen LogP contribution in [-0.2, 0) is 4.79 Å². The molecular weight excluding hydrogens is 186 g/mol. The number of allylic oxidation sites excluding steroid dienone is 3. The number of hydrogen-bond acceptors (Lipinski definition) is 1. The van der Waals surface area contributed by atoms with Crippen molar-refractivity contribution in [2.75, 3.05) is 0 Å². The number of amides is 1. The molecule has 0 aliphatic heterocycles. The fraction of sp³-hybridized carbons (Fsp3) is 0.615. The summed E-state index contributed by atoms with van der Waals surface area (Å²) in [5, 5.41) is 2.79. The summed E-state index contributed by atoms with van der Waals surface area (Å²) in [5.74, 6) is -0.0248. The lowest BCUT2D eigenvalue weighted by Gasteiger charge is -2.03. The Hall–Kier alpha value is -1.05. The van der Waals surface area contributed by atoms with E-state index >= 15 is 0 Å². The molecule has 86 valence electrons. The Morgan fingerprint density at radius 2 is 2.00 bits per heavy atom. The molecule has 0 aromatic carbocycles. The maximum absolute atomic E-state index is 11.2. The molecule has 0 radical (unpaired) electrons. The number of carbonyl (C=O) groups is 1. The van der Waals surface area contributed by atoms with Gasteiger partial charge in [-0.3, -0.25) is 4.79 Å². The van der Waals surface area contributed by atoms with Crippen LogP contribution in [0.3, 0.4) is 0 Å². The van der Waals surface area contributed by atoms with Crippen LogP contribution in [0.5, 0.6) is 0 Å². The SMILES string of the molecule is CCCCC/C=C\C=C\C(=O)NC(C)C. The molecule has 0 aromatic rings. The molecular formula is C13H23NO. The first-order valence-corrected chi connectivity index (χ1v) is 5.80. The van der Waals surface area contributed by atoms with Gasteiger partial charge in [0, 0.05) is 12.1 Å². The molecule has 0 saturated carbocycles. The highest BCUT2D eigenvalue weighted by Crippen LogP contribution is 1.99. The van der Waals surface area contributed by atoms with Gasteiger partial charge in [0.2, 0.25) is 5.91 Å². The molecule has 2 nitrogen and oxygen atoms in total. The summed E-state index contributed by atoms with van der Waals surface area (Å²) in [5.41, 5.74) is 0. The van der Waals surface area contributed by atoms with E-state index in [1.165, 1.54) is 19.3 Å². The maximum atomic E-state index is 11.2. The summed E-state index contributed by atoms with van der Waals surface area (Å²) >= 11 is 0. The molecule has 1 N–H and O–H groups in total. The number of unbranched alkanes of at least 4 members (excludes halogenated alkanes) is 3. The molecule has 15 heavy (non-hydrogen) atoms. The van der Waals surface area contributed by atoms with Gasteiger partial charge in [0.1, 0.15) is 0 Å². The smallest absolute Gasteiger partial charge is 0.244 e. The summed E-state index contributed by atoms with van der Waals surface area (Å²) in [7, 11) is 0. The fourth-order valence-electron chi connectivity index (χ4n) is 1.16. The number of rotatable bonds is 7. The molecule has 0 aliphatic carbocycles. The van der Waals surface area contributed by atoms with E-state index in [4.69, 9.17) is 0 Å². The van der Waals surface area contributed by atoms with Crippen LogP contribution in [0.4, 0.5) is 0 Å². The van der Waals surface area contributed by atoms with Crippen LogP contribution in [-0.4, -0.2) is 11.9 Å². The lowest BCUT2D eigenvalue weighted by molar-refractivity contribution is -0.116. The van der Waals surface area contributed by atoms with E-state index in [1.54, 1.807) is 12.2 Å². The molecule has 0 bridgehead atoms. The standard InChI is InChI=1S/C13H23NO/c1-4-5-6-7-8-9-10-11-13(15)14-12(2)3/h8-12H,4-7H2,1-3H3,(H,14,15)/b9-8-,11-10+. The molecule has 0 aromatic heterocycles. The van der Waals surface area contributed by atoms with Crippen molar-refractivity contribution in [2.45, 2.75) is 52.5 Å². The third kappa shape index (κ3) is 10.9. The second-order valence-electron chi connectivity index (χ2n) is 3.95. The van der Waals surface area contributed by atoms with E-state index in [0.717, 1.165) is 6.42 Å². The Bertz CT molecular complexity index is 217. The van der Waals surface area contributed by atoms with Crippen molar-refractivity contribution >= 4 is 5.91 Å². The fourth-order valence-corrected chi connectivity index (χ4v) is 1.16. The Morgan fingerprint density at radius 3 is 2.60 bits per heavy atom. The zero-order chi connectivity index (χ0) is 11.5. The number of hydrogen-bond donors (Lipinski definition) is 1. The molecule has 0 aliphatic rings. The van der Waals surface area contributed by atoms with Gasteiger partial charge in [-0.15, -0.1) is 0 Å². The zero-order valence-corrected chi connectivity index (χ0v) is 10.1. The van der Waals surface area contributed by atoms with Gasteiger partial charge in [-0.05, 0) is 26.7 Å². The molecule has 0 heterocycles. The van der Waals surface area contributed by atoms with E-state index in [0.29, 0.717) is 0 Å². The summed E-state index contributed by atoms with van der Waals surface area (Å²) in [6, 6.07) is 0.204. The second-order valence-corrected chi connectivity index (χ2v) is 3.95. The first kappa shape index (κ1) is 13.9. The molecule has 0 saturated heterocycles. The van der Waals surface area contributed by atoms with E-state index in [2.05, 4.69) is 18.3 Å². The van der Waals surface area contributed by atoms with Gasteiger partial charge in [-0.2, -0.15) is 0 Å². The van der Waals surface area contributed by atoms with Crippen molar-refractivity contribution in [3.05, 3.63) is 24.3 Å². The molecule has 0 fully saturated rings. The largest absolute Gasteiger partial charge is 0.350 e. The molecule has 1 amide bonds. The average molecular weight is 209 g/mol. The van der Waals surface area contributed by atoms with E-state index in [1.807, 2.05) is 19.9 Å². The van der Waals surface area contributed by atoms with Crippen molar-refractivity contribution < 1.29 is 4.79 Å². The Morgan fingerprint density at radius 1 is 1.27 bits per heavy atom. The minimum absolute atomic E-state index is 0.0248. The van der Waals surface area contributed by atoms with Gasteiger partial charge in [0.05, 0.1) is 0 Å². The van der Waals surface area contributed by atoms with Gasteiger partial charge < -0.3 is 5.32 Å². The second kappa shape index (κ2) is 9.50. The summed E-state index contributed by atoms with van der Waals surface area (Å²) in [4.78, 5) is 11.2. The maximum Gasteiger partial charge on any atom is 0.244 e. The zero-order valence-electron chi connectivity index (χ0n) is 10.1. The average Bonchev–Trinajstić information content (AvgIpc) is 2.15. The first-order chi connectivity index (χ1) is 7.16. The highest BCUT2D eigenvalue weighted by molar-refractivity contribution is 5.87. The van der Waals surface area contributed by atoms with E-state index in [9.17, 15) is 4.79 Å². The van der Waals surface area contributed by atoms with Gasteiger partial charge in [0.25, 0.3) is 0 Å². The molecule has 2 heteroatoms. The predicted octanol–water partition coefficient (Wildman–Crippen LogP) is 3.20. The van der Waals surface area contributed by atoms with E-state index < -0.39 is 0 Å². The van der Waals surface area contributed by atoms with Crippen molar-refractivity contribution in [3.8, 4) is 0 Å². The number of nitrogens with one attached hydrogen (secondary N) is 1. The highest BCUT2D eigenvalue weighted by atomic mass is 16.1. The van der Waals surface area contributed by atoms with Crippen molar-refractivity contribution in [3.63, 3.8) is 0 Å². The summed E-state index contributed by atoms with van der Waals surface area (Å²) in [6.07, 6.45) is 12.3. The van der Waals surface area contributed by atoms with Crippen LogP contribution >= 0.6 is 0 Å². The van der Waals surface area contributed by atoms with Crippen molar-refractivity contribution in [1.82, 2.24) is 5.32 Å². The van der Waals surface area contributed by atoms with Crippen molar-refractivity contribution in [2.24, 2.45) is 0 Å². The van der Waals surface area contributed by atoms with Gasteiger partial charge in [-0.25, -0.2) is 0 Å². The molecule has 0 spiro atoms. The van der Waals surface area contributed by atoms with E-state index in [-0.39, 0.29) is 11.9 Å². The molecule has 0 unspecified atom stereocenters. The van der Waals surface area contributed by atoms with Crippen LogP contribution in [0.15, 0.2) is 24.3 Å². The summed E-state index contributed by atoms with van der Waals surface area (Å²) < 4.78 is 0. The predicted molar refractivity (Wildman–Crippen MR) is 65.7 cm³/mol. The van der Waals surface area contributed by atoms with Gasteiger partial charge >= 0.3 is 0 Å². The normalized spacial score (nSPS) is 11.7. The third-order valence-electron chi connectivity index (χ3n) is 1.90. The molecule has 0 atom stereocenters. The monoisotopic (exact) mass is 209 g/mol. The highest BCUT2D eigenvalue weighted by Gasteiger charge is 1.95. The number of carbonyl (C=O) groups excluding carboxylic acids is 1. The Balaban J connectivity index is 3.55. The lowest BCUT2D eigenvalue weighted by Crippen LogP contribution is -2.28. The van der Waals surface area contributed by atoms with Crippen LogP contribution < -0.4 is 5.32 Å². The van der Waals surface area contributed by atoms with Crippen molar-refractivity contribution in [1.29, 1.82) is 0 Å². The van der Waals surface area contributed by atoms with Crippen LogP contribution in [0.1, 0.15) is 46.5 Å². The Labute approximate surface area is 93.5 Å². The molecule has 0 rings (SSSR count). The quantitative estimate of drug-likeness (QED) is 0.389. The first-order valence-electron chi connectivity index (χ1n) is 5.80. The van der Waals surface area contributed by atoms with Gasteiger partial charge in [-0.1, -0.05) is 38.0 Å². The van der Waals surface area contributed by atoms with Gasteiger partial charge in [0.15, 0.2) is 0 Å². The Kier molecular flexibility index (Phi) is 8.84. The minimum atomic E-state index is -0.0248. The van der Waals surface area contributed by atoms with Crippen LogP contribution in [0.25, 0.3) is 0 Å². The van der Waals surface area contributed by atoms with Crippen LogP contribution in [0.2, 0.25) is 0 Å². The summed E-state index contributed by atoms with van der Waals surface area (Å²) in [6.45, 7) is 6.10. The third-order valence-corrected chi connectivity index (χ3v) is 1.90. The lowest BCUT2D eigenvalue weighted by atomic mass is 10.2. The minimum Gasteiger partial charge on any atom is -0.350 e. The van der Waals surface area contributed by atoms with Crippen LogP contribution in [0, 0.1) is 0 Å². The topological polar surface area (TPSA) is 29.1 Å².